The molecule has 2 heteroatoms. The van der Waals surface area contributed by atoms with Crippen molar-refractivity contribution in [3.63, 3.8) is 0 Å². The van der Waals surface area contributed by atoms with Crippen LogP contribution in [0.1, 0.15) is 16.7 Å². The van der Waals surface area contributed by atoms with E-state index in [0.29, 0.717) is 0 Å². The molecule has 0 saturated heterocycles. The average molecular weight is 246 g/mol. The third kappa shape index (κ3) is 2.16. The van der Waals surface area contributed by atoms with Crippen LogP contribution in [0.4, 0.5) is 5.69 Å². The lowest BCUT2D eigenvalue weighted by molar-refractivity contribution is 1.34. The van der Waals surface area contributed by atoms with Gasteiger partial charge in [-0.05, 0) is 55.2 Å². The normalized spacial score (nSPS) is 10.6. The highest BCUT2D eigenvalue weighted by atomic mass is 35.5. The van der Waals surface area contributed by atoms with Gasteiger partial charge in [0.15, 0.2) is 0 Å². The van der Waals surface area contributed by atoms with Crippen LogP contribution in [0.5, 0.6) is 0 Å². The summed E-state index contributed by atoms with van der Waals surface area (Å²) in [6.07, 6.45) is 0. The van der Waals surface area contributed by atoms with Gasteiger partial charge in [-0.25, -0.2) is 0 Å². The van der Waals surface area contributed by atoms with Crippen molar-refractivity contribution in [2.24, 2.45) is 0 Å². The summed E-state index contributed by atoms with van der Waals surface area (Å²) in [4.78, 5) is 0. The highest BCUT2D eigenvalue weighted by Gasteiger charge is 2.10. The number of hydrogen-bond donors (Lipinski definition) is 1. The Morgan fingerprint density at radius 2 is 1.65 bits per heavy atom. The van der Waals surface area contributed by atoms with E-state index in [1.54, 1.807) is 0 Å². The Hall–Kier alpha value is -1.47. The highest BCUT2D eigenvalue weighted by Crippen LogP contribution is 2.34. The number of hydrogen-bond acceptors (Lipinski definition) is 1. The van der Waals surface area contributed by atoms with Crippen molar-refractivity contribution in [3.8, 4) is 11.1 Å². The van der Waals surface area contributed by atoms with Crippen LogP contribution in [0.25, 0.3) is 11.1 Å². The van der Waals surface area contributed by atoms with Crippen molar-refractivity contribution in [1.29, 1.82) is 0 Å². The van der Waals surface area contributed by atoms with Crippen LogP contribution >= 0.6 is 11.6 Å². The molecule has 0 atom stereocenters. The first-order chi connectivity index (χ1) is 8.00. The van der Waals surface area contributed by atoms with Gasteiger partial charge in [0.1, 0.15) is 0 Å². The number of anilines is 1. The standard InChI is InChI=1S/C15H16ClN/c1-9-5-4-6-13(11(9)3)14-8-12(16)7-10(2)15(14)17/h4-8H,17H2,1-3H3. The van der Waals surface area contributed by atoms with Crippen LogP contribution in [0.3, 0.4) is 0 Å². The Morgan fingerprint density at radius 3 is 2.35 bits per heavy atom. The first kappa shape index (κ1) is 12.0. The molecule has 0 unspecified atom stereocenters. The van der Waals surface area contributed by atoms with Gasteiger partial charge in [0, 0.05) is 16.3 Å². The van der Waals surface area contributed by atoms with Crippen LogP contribution in [-0.2, 0) is 0 Å². The lowest BCUT2D eigenvalue weighted by Gasteiger charge is -2.13. The van der Waals surface area contributed by atoms with Crippen LogP contribution < -0.4 is 5.73 Å². The molecule has 0 aliphatic rings. The van der Waals surface area contributed by atoms with E-state index in [4.69, 9.17) is 17.3 Å². The fourth-order valence-electron chi connectivity index (χ4n) is 2.02. The van der Waals surface area contributed by atoms with E-state index in [2.05, 4.69) is 26.0 Å². The molecule has 2 aromatic carbocycles. The summed E-state index contributed by atoms with van der Waals surface area (Å²) >= 11 is 6.11. The van der Waals surface area contributed by atoms with Gasteiger partial charge in [-0.15, -0.1) is 0 Å². The number of aryl methyl sites for hydroxylation is 2. The van der Waals surface area contributed by atoms with E-state index in [9.17, 15) is 0 Å². The van der Waals surface area contributed by atoms with E-state index in [1.807, 2.05) is 25.1 Å². The molecule has 88 valence electrons. The van der Waals surface area contributed by atoms with Gasteiger partial charge in [0.2, 0.25) is 0 Å². The predicted molar refractivity (Wildman–Crippen MR) is 75.5 cm³/mol. The minimum absolute atomic E-state index is 0.729. The van der Waals surface area contributed by atoms with E-state index in [0.717, 1.165) is 27.4 Å². The Balaban J connectivity index is 2.73. The summed E-state index contributed by atoms with van der Waals surface area (Å²) in [5.74, 6) is 0. The average Bonchev–Trinajstić information content (AvgIpc) is 2.27. The summed E-state index contributed by atoms with van der Waals surface area (Å²) in [5, 5.41) is 0.729. The lowest BCUT2D eigenvalue weighted by atomic mass is 9.94. The third-order valence-corrected chi connectivity index (χ3v) is 3.46. The molecule has 0 aliphatic heterocycles. The SMILES string of the molecule is Cc1cccc(-c2cc(Cl)cc(C)c2N)c1C. The van der Waals surface area contributed by atoms with Crippen molar-refractivity contribution in [3.05, 3.63) is 52.0 Å². The second kappa shape index (κ2) is 4.42. The fourth-order valence-corrected chi connectivity index (χ4v) is 2.29. The van der Waals surface area contributed by atoms with Gasteiger partial charge in [0.05, 0.1) is 0 Å². The maximum absolute atomic E-state index is 6.14. The molecule has 2 N–H and O–H groups in total. The van der Waals surface area contributed by atoms with Crippen molar-refractivity contribution < 1.29 is 0 Å². The van der Waals surface area contributed by atoms with Crippen molar-refractivity contribution in [2.75, 3.05) is 5.73 Å². The minimum atomic E-state index is 0.729. The zero-order valence-corrected chi connectivity index (χ0v) is 11.1. The topological polar surface area (TPSA) is 26.0 Å². The maximum Gasteiger partial charge on any atom is 0.0424 e. The Labute approximate surface area is 107 Å². The monoisotopic (exact) mass is 245 g/mol. The molecule has 1 nitrogen and oxygen atoms in total. The molecule has 0 heterocycles. The molecule has 0 radical (unpaired) electrons. The van der Waals surface area contributed by atoms with Crippen LogP contribution in [-0.4, -0.2) is 0 Å². The molecular weight excluding hydrogens is 230 g/mol. The second-order valence-corrected chi connectivity index (χ2v) is 4.87. The number of benzene rings is 2. The third-order valence-electron chi connectivity index (χ3n) is 3.25. The van der Waals surface area contributed by atoms with E-state index >= 15 is 0 Å². The number of halogens is 1. The minimum Gasteiger partial charge on any atom is -0.398 e. The summed E-state index contributed by atoms with van der Waals surface area (Å²) in [7, 11) is 0. The van der Waals surface area contributed by atoms with Gasteiger partial charge in [0.25, 0.3) is 0 Å². The number of nitrogen functional groups attached to an aromatic ring is 1. The number of nitrogens with two attached hydrogens (primary N) is 1. The van der Waals surface area contributed by atoms with Gasteiger partial charge in [-0.3, -0.25) is 0 Å². The summed E-state index contributed by atoms with van der Waals surface area (Å²) < 4.78 is 0. The molecule has 2 aromatic rings. The van der Waals surface area contributed by atoms with Gasteiger partial charge < -0.3 is 5.73 Å². The quantitative estimate of drug-likeness (QED) is 0.735. The molecule has 0 aliphatic carbocycles. The van der Waals surface area contributed by atoms with Gasteiger partial charge in [-0.2, -0.15) is 0 Å². The largest absolute Gasteiger partial charge is 0.398 e. The molecule has 0 saturated carbocycles. The fraction of sp³-hybridized carbons (Fsp3) is 0.200. The maximum atomic E-state index is 6.14. The second-order valence-electron chi connectivity index (χ2n) is 4.43. The van der Waals surface area contributed by atoms with Crippen molar-refractivity contribution >= 4 is 17.3 Å². The van der Waals surface area contributed by atoms with Crippen LogP contribution in [0.15, 0.2) is 30.3 Å². The smallest absolute Gasteiger partial charge is 0.0424 e. The lowest BCUT2D eigenvalue weighted by Crippen LogP contribution is -1.96. The molecule has 0 amide bonds. The molecule has 17 heavy (non-hydrogen) atoms. The first-order valence-electron chi connectivity index (χ1n) is 5.63. The Morgan fingerprint density at radius 1 is 0.941 bits per heavy atom. The zero-order chi connectivity index (χ0) is 12.6. The molecule has 0 aromatic heterocycles. The van der Waals surface area contributed by atoms with E-state index < -0.39 is 0 Å². The van der Waals surface area contributed by atoms with Gasteiger partial charge in [-0.1, -0.05) is 29.8 Å². The first-order valence-corrected chi connectivity index (χ1v) is 6.00. The van der Waals surface area contributed by atoms with Gasteiger partial charge >= 0.3 is 0 Å². The van der Waals surface area contributed by atoms with E-state index in [1.165, 1.54) is 11.1 Å². The Bertz CT molecular complexity index is 573. The highest BCUT2D eigenvalue weighted by molar-refractivity contribution is 6.31. The van der Waals surface area contributed by atoms with Crippen LogP contribution in [0.2, 0.25) is 5.02 Å². The number of rotatable bonds is 1. The molecule has 2 rings (SSSR count). The summed E-state index contributed by atoms with van der Waals surface area (Å²) in [6, 6.07) is 10.1. The van der Waals surface area contributed by atoms with E-state index in [-0.39, 0.29) is 0 Å². The molecule has 0 spiro atoms. The van der Waals surface area contributed by atoms with Crippen molar-refractivity contribution in [2.45, 2.75) is 20.8 Å². The molecular formula is C15H16ClN. The summed E-state index contributed by atoms with van der Waals surface area (Å²) in [6.45, 7) is 6.20. The van der Waals surface area contributed by atoms with Crippen molar-refractivity contribution in [1.82, 2.24) is 0 Å². The molecule has 0 bridgehead atoms. The Kier molecular flexibility index (Phi) is 3.12. The zero-order valence-electron chi connectivity index (χ0n) is 10.3. The van der Waals surface area contributed by atoms with Crippen LogP contribution in [0, 0.1) is 20.8 Å². The molecule has 0 fully saturated rings. The predicted octanol–water partition coefficient (Wildman–Crippen LogP) is 4.51. The summed E-state index contributed by atoms with van der Waals surface area (Å²) in [5.41, 5.74) is 12.7.